The van der Waals surface area contributed by atoms with Gasteiger partial charge in [0.2, 0.25) is 27.5 Å². The second-order valence-electron chi connectivity index (χ2n) is 7.40. The Kier molecular flexibility index (Phi) is 7.48. The van der Waals surface area contributed by atoms with E-state index in [1.807, 2.05) is 13.0 Å². The molecule has 0 aliphatic carbocycles. The van der Waals surface area contributed by atoms with E-state index in [0.29, 0.717) is 50.2 Å². The first-order valence-electron chi connectivity index (χ1n) is 10.3. The molecule has 8 nitrogen and oxygen atoms in total. The highest BCUT2D eigenvalue weighted by atomic mass is 32.2. The molecular formula is C21H28N4O4S. The quantitative estimate of drug-likeness (QED) is 0.604. The first kappa shape index (κ1) is 22.3. The number of ether oxygens (including phenoxy) is 1. The zero-order chi connectivity index (χ0) is 21.6. The van der Waals surface area contributed by atoms with Crippen molar-refractivity contribution in [3.8, 4) is 17.5 Å². The van der Waals surface area contributed by atoms with Gasteiger partial charge < -0.3 is 14.5 Å². The van der Waals surface area contributed by atoms with Crippen molar-refractivity contribution in [3.05, 3.63) is 30.0 Å². The largest absolute Gasteiger partial charge is 0.419 e. The fraction of sp³-hybridized carbons (Fsp3) is 0.524. The van der Waals surface area contributed by atoms with Crippen LogP contribution in [0.5, 0.6) is 0 Å². The molecule has 3 rings (SSSR count). The molecule has 1 saturated heterocycles. The molecular weight excluding hydrogens is 404 g/mol. The Hall–Kier alpha value is -2.41. The maximum absolute atomic E-state index is 12.9. The van der Waals surface area contributed by atoms with Gasteiger partial charge in [-0.15, -0.1) is 0 Å². The number of nitrogens with zero attached hydrogens (tertiary/aromatic N) is 3. The van der Waals surface area contributed by atoms with E-state index in [4.69, 9.17) is 9.15 Å². The van der Waals surface area contributed by atoms with Crippen LogP contribution in [0.1, 0.15) is 38.8 Å². The Bertz CT molecular complexity index is 971. The summed E-state index contributed by atoms with van der Waals surface area (Å²) in [7, 11) is -3.51. The van der Waals surface area contributed by atoms with Crippen LogP contribution in [0.25, 0.3) is 11.5 Å². The molecule has 0 spiro atoms. The van der Waals surface area contributed by atoms with Crippen molar-refractivity contribution in [1.82, 2.24) is 9.29 Å². The van der Waals surface area contributed by atoms with Gasteiger partial charge in [-0.2, -0.15) is 14.6 Å². The molecule has 0 amide bonds. The monoisotopic (exact) mass is 432 g/mol. The zero-order valence-electron chi connectivity index (χ0n) is 17.4. The van der Waals surface area contributed by atoms with Crippen molar-refractivity contribution in [2.75, 3.05) is 38.2 Å². The summed E-state index contributed by atoms with van der Waals surface area (Å²) in [5, 5.41) is 12.4. The molecule has 30 heavy (non-hydrogen) atoms. The van der Waals surface area contributed by atoms with Gasteiger partial charge in [-0.05, 0) is 56.4 Å². The number of piperidine rings is 1. The highest BCUT2D eigenvalue weighted by molar-refractivity contribution is 7.89. The molecule has 1 aliphatic heterocycles. The van der Waals surface area contributed by atoms with Crippen LogP contribution < -0.4 is 5.32 Å². The molecule has 1 N–H and O–H groups in total. The minimum atomic E-state index is -3.51. The number of rotatable bonds is 9. The number of anilines is 1. The Morgan fingerprint density at radius 1 is 1.30 bits per heavy atom. The normalized spacial score (nSPS) is 15.8. The summed E-state index contributed by atoms with van der Waals surface area (Å²) >= 11 is 0. The van der Waals surface area contributed by atoms with E-state index in [0.717, 1.165) is 19.3 Å². The number of aromatic nitrogens is 1. The van der Waals surface area contributed by atoms with E-state index in [1.165, 1.54) is 0 Å². The van der Waals surface area contributed by atoms with Crippen LogP contribution in [0.3, 0.4) is 0 Å². The van der Waals surface area contributed by atoms with Crippen LogP contribution in [0.2, 0.25) is 0 Å². The first-order valence-corrected chi connectivity index (χ1v) is 11.7. The Morgan fingerprint density at radius 2 is 2.00 bits per heavy atom. The van der Waals surface area contributed by atoms with Gasteiger partial charge in [-0.3, -0.25) is 0 Å². The van der Waals surface area contributed by atoms with E-state index >= 15 is 0 Å². The summed E-state index contributed by atoms with van der Waals surface area (Å²) in [5.74, 6) is 1.14. The second kappa shape index (κ2) is 10.1. The minimum absolute atomic E-state index is 0.167. The molecule has 0 radical (unpaired) electrons. The number of oxazole rings is 1. The van der Waals surface area contributed by atoms with Crippen LogP contribution in [0.4, 0.5) is 5.88 Å². The lowest BCUT2D eigenvalue weighted by Gasteiger charge is -2.29. The van der Waals surface area contributed by atoms with Gasteiger partial charge in [-0.1, -0.05) is 6.92 Å². The molecule has 1 aromatic carbocycles. The molecule has 2 aromatic rings. The molecule has 1 aliphatic rings. The molecule has 2 heterocycles. The van der Waals surface area contributed by atoms with Gasteiger partial charge in [0, 0.05) is 38.4 Å². The molecule has 0 unspecified atom stereocenters. The highest BCUT2D eigenvalue weighted by Gasteiger charge is 2.28. The SMILES string of the molecule is CCOCCCNc1oc(-c2ccc(S(=O)(=O)N3CCC(C)CC3)cc2)nc1C#N. The minimum Gasteiger partial charge on any atom is -0.419 e. The summed E-state index contributed by atoms with van der Waals surface area (Å²) in [5.41, 5.74) is 0.778. The third-order valence-electron chi connectivity index (χ3n) is 5.17. The number of nitrogens with one attached hydrogen (secondary N) is 1. The molecule has 162 valence electrons. The van der Waals surface area contributed by atoms with Gasteiger partial charge in [-0.25, -0.2) is 8.42 Å². The smallest absolute Gasteiger partial charge is 0.243 e. The zero-order valence-corrected chi connectivity index (χ0v) is 18.2. The predicted molar refractivity (Wildman–Crippen MR) is 113 cm³/mol. The first-order chi connectivity index (χ1) is 14.5. The summed E-state index contributed by atoms with van der Waals surface area (Å²) in [6.07, 6.45) is 2.53. The number of hydrogen-bond donors (Lipinski definition) is 1. The van der Waals surface area contributed by atoms with Crippen molar-refractivity contribution in [1.29, 1.82) is 5.26 Å². The van der Waals surface area contributed by atoms with Gasteiger partial charge >= 0.3 is 0 Å². The Labute approximate surface area is 177 Å². The van der Waals surface area contributed by atoms with Crippen LogP contribution in [0.15, 0.2) is 33.6 Å². The molecule has 0 saturated carbocycles. The van der Waals surface area contributed by atoms with Gasteiger partial charge in [0.05, 0.1) is 4.90 Å². The van der Waals surface area contributed by atoms with Crippen molar-refractivity contribution in [2.45, 2.75) is 38.0 Å². The topological polar surface area (TPSA) is 108 Å². The van der Waals surface area contributed by atoms with Crippen molar-refractivity contribution < 1.29 is 17.6 Å². The molecule has 1 aromatic heterocycles. The summed E-state index contributed by atoms with van der Waals surface area (Å²) < 4.78 is 38.3. The van der Waals surface area contributed by atoms with Crippen LogP contribution in [0, 0.1) is 17.2 Å². The van der Waals surface area contributed by atoms with Crippen LogP contribution in [-0.2, 0) is 14.8 Å². The van der Waals surface area contributed by atoms with E-state index in [-0.39, 0.29) is 16.5 Å². The number of benzene rings is 1. The van der Waals surface area contributed by atoms with E-state index < -0.39 is 10.0 Å². The maximum Gasteiger partial charge on any atom is 0.243 e. The standard InChI is InChI=1S/C21H28N4O4S/c1-3-28-14-4-11-23-21-19(15-22)24-20(29-21)17-5-7-18(8-6-17)30(26,27)25-12-9-16(2)10-13-25/h5-8,16,23H,3-4,9-14H2,1-2H3. The van der Waals surface area contributed by atoms with Gasteiger partial charge in [0.25, 0.3) is 0 Å². The molecule has 0 atom stereocenters. The molecule has 1 fully saturated rings. The third kappa shape index (κ3) is 5.19. The van der Waals surface area contributed by atoms with E-state index in [9.17, 15) is 13.7 Å². The Balaban J connectivity index is 1.71. The average molecular weight is 433 g/mol. The fourth-order valence-electron chi connectivity index (χ4n) is 3.30. The van der Waals surface area contributed by atoms with E-state index in [1.54, 1.807) is 28.6 Å². The number of nitriles is 1. The maximum atomic E-state index is 12.9. The third-order valence-corrected chi connectivity index (χ3v) is 7.08. The second-order valence-corrected chi connectivity index (χ2v) is 9.33. The lowest BCUT2D eigenvalue weighted by atomic mass is 10.0. The highest BCUT2D eigenvalue weighted by Crippen LogP contribution is 2.28. The summed E-state index contributed by atoms with van der Waals surface area (Å²) in [6, 6.07) is 8.46. The lowest BCUT2D eigenvalue weighted by molar-refractivity contribution is 0.147. The van der Waals surface area contributed by atoms with Gasteiger partial charge in [0.15, 0.2) is 0 Å². The van der Waals surface area contributed by atoms with E-state index in [2.05, 4.69) is 17.2 Å². The van der Waals surface area contributed by atoms with Gasteiger partial charge in [0.1, 0.15) is 6.07 Å². The summed E-state index contributed by atoms with van der Waals surface area (Å²) in [6.45, 7) is 7.07. The Morgan fingerprint density at radius 3 is 2.63 bits per heavy atom. The summed E-state index contributed by atoms with van der Waals surface area (Å²) in [4.78, 5) is 4.47. The van der Waals surface area contributed by atoms with Crippen LogP contribution >= 0.6 is 0 Å². The van der Waals surface area contributed by atoms with Crippen molar-refractivity contribution in [2.24, 2.45) is 5.92 Å². The van der Waals surface area contributed by atoms with Crippen LogP contribution in [-0.4, -0.2) is 50.6 Å². The predicted octanol–water partition coefficient (Wildman–Crippen LogP) is 3.47. The molecule has 0 bridgehead atoms. The van der Waals surface area contributed by atoms with Crippen molar-refractivity contribution >= 4 is 15.9 Å². The number of hydrogen-bond acceptors (Lipinski definition) is 7. The van der Waals surface area contributed by atoms with Crippen molar-refractivity contribution in [3.63, 3.8) is 0 Å². The lowest BCUT2D eigenvalue weighted by Crippen LogP contribution is -2.37. The average Bonchev–Trinajstić information content (AvgIpc) is 3.17. The number of sulfonamides is 1. The molecule has 9 heteroatoms. The fourth-order valence-corrected chi connectivity index (χ4v) is 4.77.